The van der Waals surface area contributed by atoms with E-state index >= 15 is 0 Å². The van der Waals surface area contributed by atoms with Gasteiger partial charge in [0.25, 0.3) is 10.0 Å². The van der Waals surface area contributed by atoms with Crippen LogP contribution in [0.15, 0.2) is 51.9 Å². The number of hydrogen-bond donors (Lipinski definition) is 1. The lowest BCUT2D eigenvalue weighted by molar-refractivity contribution is 0.0514. The Morgan fingerprint density at radius 2 is 1.91 bits per heavy atom. The van der Waals surface area contributed by atoms with Crippen molar-refractivity contribution in [2.45, 2.75) is 18.7 Å². The Bertz CT molecular complexity index is 1230. The van der Waals surface area contributed by atoms with E-state index < -0.39 is 16.0 Å². The molecule has 0 aliphatic carbocycles. The van der Waals surface area contributed by atoms with Gasteiger partial charge in [0.15, 0.2) is 11.5 Å². The van der Waals surface area contributed by atoms with Crippen LogP contribution in [0.1, 0.15) is 23.0 Å². The van der Waals surface area contributed by atoms with Crippen LogP contribution < -0.4 is 14.4 Å². The van der Waals surface area contributed by atoms with Crippen LogP contribution in [-0.4, -0.2) is 47.4 Å². The number of methoxy groups -OCH3 is 1. The molecule has 2 aromatic carbocycles. The summed E-state index contributed by atoms with van der Waals surface area (Å²) in [6.45, 7) is 3.83. The van der Waals surface area contributed by atoms with E-state index in [1.807, 2.05) is 32.0 Å². The Balaban J connectivity index is 1.98. The zero-order valence-electron chi connectivity index (χ0n) is 18.5. The Morgan fingerprint density at radius 3 is 2.56 bits per heavy atom. The van der Waals surface area contributed by atoms with Gasteiger partial charge >= 0.3 is 5.97 Å². The number of nitrogens with zero attached hydrogens (tertiary/aromatic N) is 2. The molecule has 1 N–H and O–H groups in total. The number of sulfonamides is 1. The minimum Gasteiger partial charge on any atom is -0.495 e. The number of rotatable bonds is 8. The van der Waals surface area contributed by atoms with Gasteiger partial charge in [0, 0.05) is 31.4 Å². The maximum absolute atomic E-state index is 13.2. The molecular formula is C22H25N3O6S. The first-order chi connectivity index (χ1) is 15.2. The van der Waals surface area contributed by atoms with Gasteiger partial charge in [-0.2, -0.15) is 0 Å². The molecule has 9 nitrogen and oxygen atoms in total. The second-order valence-corrected chi connectivity index (χ2v) is 8.81. The number of hydrogen-bond acceptors (Lipinski definition) is 8. The summed E-state index contributed by atoms with van der Waals surface area (Å²) in [6, 6.07) is 11.2. The summed E-state index contributed by atoms with van der Waals surface area (Å²) >= 11 is 0. The lowest BCUT2D eigenvalue weighted by Crippen LogP contribution is -2.15. The average Bonchev–Trinajstić information content (AvgIpc) is 3.25. The number of aryl methyl sites for hydroxylation is 1. The molecule has 3 rings (SSSR count). The molecule has 0 aliphatic heterocycles. The molecule has 32 heavy (non-hydrogen) atoms. The van der Waals surface area contributed by atoms with E-state index in [1.165, 1.54) is 25.3 Å². The summed E-state index contributed by atoms with van der Waals surface area (Å²) in [4.78, 5) is 13.7. The van der Waals surface area contributed by atoms with Crippen molar-refractivity contribution in [2.24, 2.45) is 0 Å². The molecule has 3 aromatic rings. The predicted octanol–water partition coefficient (Wildman–Crippen LogP) is 3.70. The monoisotopic (exact) mass is 459 g/mol. The van der Waals surface area contributed by atoms with Crippen molar-refractivity contribution in [3.05, 3.63) is 53.7 Å². The molecule has 0 spiro atoms. The predicted molar refractivity (Wildman–Crippen MR) is 121 cm³/mol. The Kier molecular flexibility index (Phi) is 6.73. The minimum absolute atomic E-state index is 0.00364. The summed E-state index contributed by atoms with van der Waals surface area (Å²) in [5, 5.41) is 3.70. The second-order valence-electron chi connectivity index (χ2n) is 7.16. The van der Waals surface area contributed by atoms with Gasteiger partial charge in [0.1, 0.15) is 10.6 Å². The molecule has 0 radical (unpaired) electrons. The molecule has 0 unspecified atom stereocenters. The van der Waals surface area contributed by atoms with Crippen LogP contribution >= 0.6 is 0 Å². The number of ether oxygens (including phenoxy) is 2. The standard InChI is InChI=1S/C22H25N3O6S/c1-6-30-22(26)17-13-20(31-23-17)15-8-10-19(29-5)21(11-15)32(27,28)24-16-9-7-14(2)18(12-16)25(3)4/h7-13,24H,6H2,1-5H3. The number of anilines is 2. The first-order valence-electron chi connectivity index (χ1n) is 9.79. The molecule has 1 aromatic heterocycles. The van der Waals surface area contributed by atoms with Crippen LogP contribution in [0.4, 0.5) is 11.4 Å². The fraction of sp³-hybridized carbons (Fsp3) is 0.273. The maximum atomic E-state index is 13.2. The van der Waals surface area contributed by atoms with Crippen LogP contribution in [0.3, 0.4) is 0 Å². The summed E-state index contributed by atoms with van der Waals surface area (Å²) in [6.07, 6.45) is 0. The number of carbonyl (C=O) groups is 1. The molecule has 0 fully saturated rings. The average molecular weight is 460 g/mol. The third-order valence-electron chi connectivity index (χ3n) is 4.68. The molecule has 170 valence electrons. The lowest BCUT2D eigenvalue weighted by atomic mass is 10.1. The van der Waals surface area contributed by atoms with Crippen LogP contribution in [-0.2, 0) is 14.8 Å². The molecule has 0 amide bonds. The van der Waals surface area contributed by atoms with Gasteiger partial charge in [-0.1, -0.05) is 11.2 Å². The molecule has 0 saturated heterocycles. The van der Waals surface area contributed by atoms with Gasteiger partial charge in [0.05, 0.1) is 19.4 Å². The summed E-state index contributed by atoms with van der Waals surface area (Å²) in [7, 11) is 1.15. The fourth-order valence-electron chi connectivity index (χ4n) is 3.12. The third-order valence-corrected chi connectivity index (χ3v) is 6.08. The minimum atomic E-state index is -4.01. The number of aromatic nitrogens is 1. The van der Waals surface area contributed by atoms with Crippen LogP contribution in [0.25, 0.3) is 11.3 Å². The smallest absolute Gasteiger partial charge is 0.360 e. The van der Waals surface area contributed by atoms with Crippen LogP contribution in [0.2, 0.25) is 0 Å². The third kappa shape index (κ3) is 4.86. The Morgan fingerprint density at radius 1 is 1.16 bits per heavy atom. The quantitative estimate of drug-likeness (QED) is 0.508. The van der Waals surface area contributed by atoms with Gasteiger partial charge in [0.2, 0.25) is 0 Å². The molecule has 0 bridgehead atoms. The number of nitrogens with one attached hydrogen (secondary N) is 1. The van der Waals surface area contributed by atoms with Crippen molar-refractivity contribution in [2.75, 3.05) is 37.4 Å². The van der Waals surface area contributed by atoms with Crippen LogP contribution in [0, 0.1) is 6.92 Å². The zero-order valence-corrected chi connectivity index (χ0v) is 19.3. The maximum Gasteiger partial charge on any atom is 0.360 e. The topological polar surface area (TPSA) is 111 Å². The highest BCUT2D eigenvalue weighted by atomic mass is 32.2. The zero-order chi connectivity index (χ0) is 23.5. The van der Waals surface area contributed by atoms with Crippen molar-refractivity contribution in [3.8, 4) is 17.1 Å². The number of benzene rings is 2. The normalized spacial score (nSPS) is 11.2. The summed E-state index contributed by atoms with van der Waals surface area (Å²) in [5.74, 6) is -0.245. The van der Waals surface area contributed by atoms with Crippen molar-refractivity contribution < 1.29 is 27.2 Å². The Labute approximate surface area is 187 Å². The van der Waals surface area contributed by atoms with Gasteiger partial charge < -0.3 is 18.9 Å². The lowest BCUT2D eigenvalue weighted by Gasteiger charge is -2.18. The van der Waals surface area contributed by atoms with E-state index in [-0.39, 0.29) is 28.7 Å². The highest BCUT2D eigenvalue weighted by Gasteiger charge is 2.23. The highest BCUT2D eigenvalue weighted by Crippen LogP contribution is 2.32. The summed E-state index contributed by atoms with van der Waals surface area (Å²) < 4.78 is 44.4. The Hall–Kier alpha value is -3.53. The van der Waals surface area contributed by atoms with Crippen molar-refractivity contribution in [1.82, 2.24) is 5.16 Å². The first kappa shape index (κ1) is 23.1. The first-order valence-corrected chi connectivity index (χ1v) is 11.3. The van der Waals surface area contributed by atoms with Gasteiger partial charge in [-0.3, -0.25) is 4.72 Å². The largest absolute Gasteiger partial charge is 0.495 e. The van der Waals surface area contributed by atoms with E-state index in [4.69, 9.17) is 14.0 Å². The van der Waals surface area contributed by atoms with Crippen LogP contribution in [0.5, 0.6) is 5.75 Å². The molecule has 1 heterocycles. The van der Waals surface area contributed by atoms with E-state index in [2.05, 4.69) is 9.88 Å². The van der Waals surface area contributed by atoms with E-state index in [0.717, 1.165) is 11.3 Å². The molecule has 0 aliphatic rings. The second kappa shape index (κ2) is 9.31. The van der Waals surface area contributed by atoms with Gasteiger partial charge in [-0.15, -0.1) is 0 Å². The summed E-state index contributed by atoms with van der Waals surface area (Å²) in [5.41, 5.74) is 2.72. The number of esters is 1. The molecule has 10 heteroatoms. The highest BCUT2D eigenvalue weighted by molar-refractivity contribution is 7.92. The fourth-order valence-corrected chi connectivity index (χ4v) is 4.36. The molecule has 0 atom stereocenters. The van der Waals surface area contributed by atoms with E-state index in [9.17, 15) is 13.2 Å². The molecular weight excluding hydrogens is 434 g/mol. The van der Waals surface area contributed by atoms with E-state index in [0.29, 0.717) is 11.3 Å². The van der Waals surface area contributed by atoms with Crippen molar-refractivity contribution in [1.29, 1.82) is 0 Å². The van der Waals surface area contributed by atoms with Crippen molar-refractivity contribution >= 4 is 27.4 Å². The van der Waals surface area contributed by atoms with Gasteiger partial charge in [-0.05, 0) is 49.7 Å². The SMILES string of the molecule is CCOC(=O)c1cc(-c2ccc(OC)c(S(=O)(=O)Nc3ccc(C)c(N(C)C)c3)c2)on1. The number of carbonyl (C=O) groups excluding carboxylic acids is 1. The van der Waals surface area contributed by atoms with E-state index in [1.54, 1.807) is 25.1 Å². The molecule has 0 saturated carbocycles. The van der Waals surface area contributed by atoms with Crippen molar-refractivity contribution in [3.63, 3.8) is 0 Å². The van der Waals surface area contributed by atoms with Gasteiger partial charge in [-0.25, -0.2) is 13.2 Å².